The van der Waals surface area contributed by atoms with Gasteiger partial charge in [0.1, 0.15) is 5.52 Å². The molecule has 182 valence electrons. The Balaban J connectivity index is 1.60. The van der Waals surface area contributed by atoms with Gasteiger partial charge < -0.3 is 20.7 Å². The molecule has 0 atom stereocenters. The maximum Gasteiger partial charge on any atom is 0.218 e. The van der Waals surface area contributed by atoms with Gasteiger partial charge >= 0.3 is 0 Å². The molecule has 1 aliphatic rings. The summed E-state index contributed by atoms with van der Waals surface area (Å²) in [5.74, 6) is 2.35. The predicted octanol–water partition coefficient (Wildman–Crippen LogP) is 4.11. The lowest BCUT2D eigenvalue weighted by molar-refractivity contribution is 0.151. The number of rotatable bonds is 7. The van der Waals surface area contributed by atoms with Crippen molar-refractivity contribution >= 4 is 11.3 Å². The number of nitrogens with one attached hydrogen (secondary N) is 1. The standard InChI is InChI=1S/C28H29N7O/c1-34-11-10-30-28(34)27-32-26(31-22-13-19(14-22)17-36)25-24(20-7-3-2-4-8-20)23(16-35(25)33-27)21-9-5-6-18(12-21)15-29/h2-12,16,19,22,36H,13-15,17,29H2,1H3,(H,31,32,33). The summed E-state index contributed by atoms with van der Waals surface area (Å²) in [5.41, 5.74) is 12.3. The SMILES string of the molecule is Cn1ccnc1-c1nc(NC2CC(CO)C2)c2c(-c3ccccc3)c(-c3cccc(CN)c3)cn2n1. The third-order valence-electron chi connectivity index (χ3n) is 7.02. The maximum atomic E-state index is 9.53. The average molecular weight is 480 g/mol. The highest BCUT2D eigenvalue weighted by Gasteiger charge is 2.30. The second kappa shape index (κ2) is 9.22. The Kier molecular flexibility index (Phi) is 5.75. The molecule has 3 aromatic heterocycles. The van der Waals surface area contributed by atoms with E-state index in [9.17, 15) is 5.11 Å². The van der Waals surface area contributed by atoms with Crippen LogP contribution < -0.4 is 11.1 Å². The Bertz CT molecular complexity index is 1520. The molecule has 2 aromatic carbocycles. The van der Waals surface area contributed by atoms with Crippen LogP contribution in [0.4, 0.5) is 5.82 Å². The number of aryl methyl sites for hydroxylation is 1. The van der Waals surface area contributed by atoms with Gasteiger partial charge in [0.2, 0.25) is 5.82 Å². The number of benzene rings is 2. The quantitative estimate of drug-likeness (QED) is 0.324. The lowest BCUT2D eigenvalue weighted by Gasteiger charge is -2.35. The van der Waals surface area contributed by atoms with E-state index in [0.29, 0.717) is 24.1 Å². The highest BCUT2D eigenvalue weighted by Crippen LogP contribution is 2.41. The molecule has 1 fully saturated rings. The van der Waals surface area contributed by atoms with Gasteiger partial charge in [-0.05, 0) is 41.5 Å². The van der Waals surface area contributed by atoms with E-state index in [-0.39, 0.29) is 12.6 Å². The van der Waals surface area contributed by atoms with Crippen LogP contribution in [0.2, 0.25) is 0 Å². The average Bonchev–Trinajstić information content (AvgIpc) is 3.50. The second-order valence-corrected chi connectivity index (χ2v) is 9.49. The number of hydrogen-bond acceptors (Lipinski definition) is 6. The zero-order valence-electron chi connectivity index (χ0n) is 20.2. The van der Waals surface area contributed by atoms with Crippen molar-refractivity contribution in [1.29, 1.82) is 0 Å². The van der Waals surface area contributed by atoms with Crippen LogP contribution in [-0.2, 0) is 13.6 Å². The summed E-state index contributed by atoms with van der Waals surface area (Å²) in [5, 5.41) is 18.1. The normalized spacial score (nSPS) is 17.3. The Morgan fingerprint density at radius 1 is 1.08 bits per heavy atom. The van der Waals surface area contributed by atoms with E-state index in [4.69, 9.17) is 15.8 Å². The molecule has 8 heteroatoms. The minimum absolute atomic E-state index is 0.220. The predicted molar refractivity (Wildman–Crippen MR) is 141 cm³/mol. The monoisotopic (exact) mass is 479 g/mol. The number of nitrogens with two attached hydrogens (primary N) is 1. The lowest BCUT2D eigenvalue weighted by Crippen LogP contribution is -2.37. The first kappa shape index (κ1) is 22.5. The van der Waals surface area contributed by atoms with E-state index in [1.165, 1.54) is 0 Å². The summed E-state index contributed by atoms with van der Waals surface area (Å²) in [4.78, 5) is 9.49. The van der Waals surface area contributed by atoms with Crippen LogP contribution in [0.5, 0.6) is 0 Å². The maximum absolute atomic E-state index is 9.53. The van der Waals surface area contributed by atoms with Crippen LogP contribution in [0.15, 0.2) is 73.2 Å². The van der Waals surface area contributed by atoms with E-state index in [1.54, 1.807) is 6.20 Å². The molecular formula is C28H29N7O. The van der Waals surface area contributed by atoms with Gasteiger partial charge in [-0.3, -0.25) is 0 Å². The zero-order valence-corrected chi connectivity index (χ0v) is 20.2. The lowest BCUT2D eigenvalue weighted by atomic mass is 9.81. The first-order chi connectivity index (χ1) is 17.6. The van der Waals surface area contributed by atoms with Crippen molar-refractivity contribution < 1.29 is 5.11 Å². The number of aliphatic hydroxyl groups is 1. The summed E-state index contributed by atoms with van der Waals surface area (Å²) >= 11 is 0. The number of hydrogen-bond donors (Lipinski definition) is 3. The van der Waals surface area contributed by atoms with Gasteiger partial charge in [-0.1, -0.05) is 48.5 Å². The molecule has 36 heavy (non-hydrogen) atoms. The smallest absolute Gasteiger partial charge is 0.218 e. The van der Waals surface area contributed by atoms with Crippen LogP contribution in [0.1, 0.15) is 18.4 Å². The molecule has 8 nitrogen and oxygen atoms in total. The summed E-state index contributed by atoms with van der Waals surface area (Å²) in [6.07, 6.45) is 7.55. The molecule has 6 rings (SSSR count). The summed E-state index contributed by atoms with van der Waals surface area (Å²) in [6, 6.07) is 18.9. The highest BCUT2D eigenvalue weighted by molar-refractivity contribution is 5.99. The Hall–Kier alpha value is -4.01. The first-order valence-electron chi connectivity index (χ1n) is 12.3. The fourth-order valence-corrected chi connectivity index (χ4v) is 5.04. The number of aliphatic hydroxyl groups excluding tert-OH is 1. The van der Waals surface area contributed by atoms with Crippen LogP contribution in [-0.4, -0.2) is 41.9 Å². The second-order valence-electron chi connectivity index (χ2n) is 9.49. The molecule has 0 unspecified atom stereocenters. The van der Waals surface area contributed by atoms with E-state index in [1.807, 2.05) is 52.7 Å². The summed E-state index contributed by atoms with van der Waals surface area (Å²) < 4.78 is 3.84. The molecule has 0 radical (unpaired) electrons. The van der Waals surface area contributed by atoms with Gasteiger partial charge in [0.15, 0.2) is 11.6 Å². The van der Waals surface area contributed by atoms with Crippen molar-refractivity contribution in [3.8, 4) is 33.9 Å². The van der Waals surface area contributed by atoms with Crippen molar-refractivity contribution in [2.75, 3.05) is 11.9 Å². The van der Waals surface area contributed by atoms with Crippen molar-refractivity contribution in [3.63, 3.8) is 0 Å². The van der Waals surface area contributed by atoms with Gasteiger partial charge in [-0.25, -0.2) is 14.5 Å². The molecule has 0 spiro atoms. The van der Waals surface area contributed by atoms with Crippen LogP contribution >= 0.6 is 0 Å². The molecule has 4 N–H and O–H groups in total. The Morgan fingerprint density at radius 3 is 2.61 bits per heavy atom. The molecule has 0 aliphatic heterocycles. The fourth-order valence-electron chi connectivity index (χ4n) is 5.04. The summed E-state index contributed by atoms with van der Waals surface area (Å²) in [7, 11) is 1.94. The molecule has 0 amide bonds. The van der Waals surface area contributed by atoms with Crippen LogP contribution in [0, 0.1) is 5.92 Å². The van der Waals surface area contributed by atoms with Crippen molar-refractivity contribution in [1.82, 2.24) is 24.1 Å². The Labute approximate surface area is 209 Å². The molecule has 1 aliphatic carbocycles. The number of imidazole rings is 1. The zero-order chi connectivity index (χ0) is 24.6. The van der Waals surface area contributed by atoms with Gasteiger partial charge in [0, 0.05) is 56.0 Å². The van der Waals surface area contributed by atoms with Crippen molar-refractivity contribution in [2.24, 2.45) is 18.7 Å². The van der Waals surface area contributed by atoms with Crippen molar-refractivity contribution in [2.45, 2.75) is 25.4 Å². The number of nitrogens with zero attached hydrogens (tertiary/aromatic N) is 5. The number of aromatic nitrogens is 5. The van der Waals surface area contributed by atoms with Crippen LogP contribution in [0.25, 0.3) is 39.4 Å². The minimum Gasteiger partial charge on any atom is -0.396 e. The third kappa shape index (κ3) is 3.94. The first-order valence-corrected chi connectivity index (χ1v) is 12.3. The van der Waals surface area contributed by atoms with Crippen LogP contribution in [0.3, 0.4) is 0 Å². The fraction of sp³-hybridized carbons (Fsp3) is 0.250. The van der Waals surface area contributed by atoms with E-state index < -0.39 is 0 Å². The Morgan fingerprint density at radius 2 is 1.89 bits per heavy atom. The molecule has 3 heterocycles. The topological polar surface area (TPSA) is 106 Å². The molecule has 5 aromatic rings. The number of anilines is 1. The van der Waals surface area contributed by atoms with E-state index in [0.717, 1.165) is 52.0 Å². The van der Waals surface area contributed by atoms with Gasteiger partial charge in [-0.2, -0.15) is 0 Å². The highest BCUT2D eigenvalue weighted by atomic mass is 16.3. The van der Waals surface area contributed by atoms with Gasteiger partial charge in [0.05, 0.1) is 0 Å². The van der Waals surface area contributed by atoms with Gasteiger partial charge in [-0.15, -0.1) is 5.10 Å². The minimum atomic E-state index is 0.220. The van der Waals surface area contributed by atoms with E-state index >= 15 is 0 Å². The largest absolute Gasteiger partial charge is 0.396 e. The molecular weight excluding hydrogens is 450 g/mol. The third-order valence-corrected chi connectivity index (χ3v) is 7.02. The molecule has 0 saturated heterocycles. The van der Waals surface area contributed by atoms with Gasteiger partial charge in [0.25, 0.3) is 0 Å². The molecule has 0 bridgehead atoms. The number of fused-ring (bicyclic) bond motifs is 1. The van der Waals surface area contributed by atoms with E-state index in [2.05, 4.69) is 40.8 Å². The van der Waals surface area contributed by atoms with Crippen molar-refractivity contribution in [3.05, 3.63) is 78.8 Å². The molecule has 1 saturated carbocycles. The summed E-state index contributed by atoms with van der Waals surface area (Å²) in [6.45, 7) is 0.698.